The van der Waals surface area contributed by atoms with Gasteiger partial charge in [0.05, 0.1) is 12.2 Å². The van der Waals surface area contributed by atoms with Gasteiger partial charge in [0.25, 0.3) is 5.91 Å². The van der Waals surface area contributed by atoms with Gasteiger partial charge in [-0.1, -0.05) is 29.8 Å². The standard InChI is InChI=1S/C28H30ClN3O6S2/c29-21-9-7-20(8-10-21)23-11-12-24(39-23)28(19-25(33)31-38-26-6-2-4-17-37-26)13-15-32(16-18-40(28,35)36)27(34)22-5-1-3-14-30-22/h1,3,5,7-12,14,26H,2,4,6,13,15-19H2,(H,31,33). The number of benzene rings is 1. The van der Waals surface area contributed by atoms with Crippen LogP contribution in [0.4, 0.5) is 0 Å². The van der Waals surface area contributed by atoms with Crippen molar-refractivity contribution in [2.45, 2.75) is 43.1 Å². The van der Waals surface area contributed by atoms with Crippen LogP contribution < -0.4 is 5.48 Å². The molecule has 2 aromatic heterocycles. The van der Waals surface area contributed by atoms with Gasteiger partial charge in [-0.3, -0.25) is 14.6 Å². The number of nitrogens with one attached hydrogen (secondary N) is 1. The van der Waals surface area contributed by atoms with Crippen LogP contribution in [0.5, 0.6) is 0 Å². The second-order valence-corrected chi connectivity index (χ2v) is 13.8. The number of carbonyl (C=O) groups excluding carboxylic acids is 2. The highest BCUT2D eigenvalue weighted by Gasteiger charge is 2.50. The zero-order chi connectivity index (χ0) is 28.2. The molecule has 0 saturated carbocycles. The van der Waals surface area contributed by atoms with Gasteiger partial charge in [-0.15, -0.1) is 11.3 Å². The Morgan fingerprint density at radius 3 is 2.67 bits per heavy atom. The number of sulfone groups is 1. The number of halogens is 1. The highest BCUT2D eigenvalue weighted by atomic mass is 35.5. The van der Waals surface area contributed by atoms with E-state index in [9.17, 15) is 18.0 Å². The van der Waals surface area contributed by atoms with E-state index in [0.29, 0.717) is 22.9 Å². The molecular weight excluding hydrogens is 574 g/mol. The summed E-state index contributed by atoms with van der Waals surface area (Å²) in [7, 11) is -3.91. The number of nitrogens with zero attached hydrogens (tertiary/aromatic N) is 2. The molecule has 2 fully saturated rings. The summed E-state index contributed by atoms with van der Waals surface area (Å²) in [5.74, 6) is -1.20. The lowest BCUT2D eigenvalue weighted by Gasteiger charge is -2.31. The van der Waals surface area contributed by atoms with Crippen molar-refractivity contribution >= 4 is 44.6 Å². The molecule has 1 N–H and O–H groups in total. The molecule has 0 aliphatic carbocycles. The Morgan fingerprint density at radius 1 is 1.12 bits per heavy atom. The molecule has 4 heterocycles. The van der Waals surface area contributed by atoms with E-state index in [1.807, 2.05) is 18.2 Å². The van der Waals surface area contributed by atoms with E-state index in [1.165, 1.54) is 22.4 Å². The second-order valence-electron chi connectivity index (χ2n) is 9.86. The van der Waals surface area contributed by atoms with Crippen molar-refractivity contribution in [3.63, 3.8) is 0 Å². The first-order chi connectivity index (χ1) is 19.3. The summed E-state index contributed by atoms with van der Waals surface area (Å²) < 4.78 is 32.1. The number of carbonyl (C=O) groups is 2. The third-order valence-corrected chi connectivity index (χ3v) is 11.5. The Balaban J connectivity index is 1.45. The minimum absolute atomic E-state index is 0.00292. The highest BCUT2D eigenvalue weighted by molar-refractivity contribution is 7.92. The molecule has 2 aliphatic rings. The third-order valence-electron chi connectivity index (χ3n) is 7.25. The average molecular weight is 604 g/mol. The minimum atomic E-state index is -3.91. The molecular formula is C28H30ClN3O6S2. The number of aromatic nitrogens is 1. The topological polar surface area (TPSA) is 115 Å². The van der Waals surface area contributed by atoms with Crippen LogP contribution >= 0.6 is 22.9 Å². The van der Waals surface area contributed by atoms with Gasteiger partial charge in [0, 0.05) is 47.1 Å². The number of rotatable bonds is 7. The molecule has 12 heteroatoms. The molecule has 3 aromatic rings. The van der Waals surface area contributed by atoms with E-state index in [-0.39, 0.29) is 43.3 Å². The maximum atomic E-state index is 14.1. The van der Waals surface area contributed by atoms with Gasteiger partial charge in [0.2, 0.25) is 5.91 Å². The third kappa shape index (κ3) is 6.23. The highest BCUT2D eigenvalue weighted by Crippen LogP contribution is 2.45. The van der Waals surface area contributed by atoms with E-state index < -0.39 is 26.8 Å². The van der Waals surface area contributed by atoms with E-state index in [0.717, 1.165) is 23.3 Å². The van der Waals surface area contributed by atoms with Crippen LogP contribution in [0.25, 0.3) is 10.4 Å². The number of pyridine rings is 1. The van der Waals surface area contributed by atoms with E-state index in [2.05, 4.69) is 10.5 Å². The Bertz CT molecular complexity index is 1440. The van der Waals surface area contributed by atoms with Gasteiger partial charge in [0.15, 0.2) is 16.1 Å². The molecule has 2 aliphatic heterocycles. The monoisotopic (exact) mass is 603 g/mol. The van der Waals surface area contributed by atoms with Crippen LogP contribution in [0.2, 0.25) is 5.02 Å². The van der Waals surface area contributed by atoms with Crippen molar-refractivity contribution in [3.8, 4) is 10.4 Å². The van der Waals surface area contributed by atoms with Crippen LogP contribution in [0.1, 0.15) is 47.5 Å². The average Bonchev–Trinajstić information content (AvgIpc) is 3.42. The quantitative estimate of drug-likeness (QED) is 0.393. The normalized spacial score (nSPS) is 22.8. The Hall–Kier alpha value is -2.83. The summed E-state index contributed by atoms with van der Waals surface area (Å²) in [5, 5.41) is 0.597. The molecule has 2 unspecified atom stereocenters. The van der Waals surface area contributed by atoms with Crippen LogP contribution in [-0.4, -0.2) is 61.9 Å². The fourth-order valence-electron chi connectivity index (χ4n) is 5.01. The summed E-state index contributed by atoms with van der Waals surface area (Å²) in [6.07, 6.45) is 3.14. The first kappa shape index (κ1) is 28.7. The van der Waals surface area contributed by atoms with Crippen molar-refractivity contribution in [1.82, 2.24) is 15.4 Å². The zero-order valence-electron chi connectivity index (χ0n) is 21.8. The lowest BCUT2D eigenvalue weighted by molar-refractivity contribution is -0.200. The first-order valence-electron chi connectivity index (χ1n) is 13.1. The minimum Gasteiger partial charge on any atom is -0.350 e. The lowest BCUT2D eigenvalue weighted by atomic mass is 9.97. The summed E-state index contributed by atoms with van der Waals surface area (Å²) in [4.78, 5) is 38.9. The summed E-state index contributed by atoms with van der Waals surface area (Å²) >= 11 is 7.37. The molecule has 0 spiro atoms. The number of hydrogen-bond acceptors (Lipinski definition) is 8. The Morgan fingerprint density at radius 2 is 1.95 bits per heavy atom. The largest absolute Gasteiger partial charge is 0.350 e. The van der Waals surface area contributed by atoms with Crippen LogP contribution in [0.3, 0.4) is 0 Å². The molecule has 2 atom stereocenters. The van der Waals surface area contributed by atoms with Crippen LogP contribution in [-0.2, 0) is 29.0 Å². The van der Waals surface area contributed by atoms with Crippen molar-refractivity contribution in [2.24, 2.45) is 0 Å². The number of hydroxylamine groups is 1. The van der Waals surface area contributed by atoms with Crippen LogP contribution in [0, 0.1) is 0 Å². The Labute approximate surface area is 242 Å². The number of hydrogen-bond donors (Lipinski definition) is 1. The van der Waals surface area contributed by atoms with Gasteiger partial charge in [-0.05, 0) is 61.2 Å². The maximum Gasteiger partial charge on any atom is 0.272 e. The van der Waals surface area contributed by atoms with Gasteiger partial charge in [-0.2, -0.15) is 0 Å². The molecule has 1 aromatic carbocycles. The number of thiophene rings is 1. The van der Waals surface area contributed by atoms with E-state index >= 15 is 0 Å². The molecule has 0 radical (unpaired) electrons. The molecule has 9 nitrogen and oxygen atoms in total. The van der Waals surface area contributed by atoms with Gasteiger partial charge < -0.3 is 9.64 Å². The fourth-order valence-corrected chi connectivity index (χ4v) is 8.74. The summed E-state index contributed by atoms with van der Waals surface area (Å²) in [5.41, 5.74) is 3.56. The molecule has 212 valence electrons. The predicted octanol–water partition coefficient (Wildman–Crippen LogP) is 4.58. The van der Waals surface area contributed by atoms with Crippen molar-refractivity contribution in [2.75, 3.05) is 25.4 Å². The van der Waals surface area contributed by atoms with Crippen LogP contribution in [0.15, 0.2) is 60.8 Å². The smallest absolute Gasteiger partial charge is 0.272 e. The van der Waals surface area contributed by atoms with Crippen molar-refractivity contribution in [1.29, 1.82) is 0 Å². The van der Waals surface area contributed by atoms with Crippen molar-refractivity contribution < 1.29 is 27.6 Å². The maximum absolute atomic E-state index is 14.1. The van der Waals surface area contributed by atoms with Gasteiger partial charge >= 0.3 is 0 Å². The van der Waals surface area contributed by atoms with E-state index in [4.69, 9.17) is 21.2 Å². The van der Waals surface area contributed by atoms with E-state index in [1.54, 1.807) is 36.4 Å². The molecule has 2 saturated heterocycles. The molecule has 5 rings (SSSR count). The Kier molecular flexibility index (Phi) is 8.86. The molecule has 40 heavy (non-hydrogen) atoms. The van der Waals surface area contributed by atoms with Crippen molar-refractivity contribution in [3.05, 3.63) is 76.4 Å². The second kappa shape index (κ2) is 12.4. The molecule has 2 amide bonds. The number of ether oxygens (including phenoxy) is 1. The predicted molar refractivity (Wildman–Crippen MR) is 152 cm³/mol. The van der Waals surface area contributed by atoms with Gasteiger partial charge in [-0.25, -0.2) is 18.7 Å². The SMILES string of the molecule is O=C(CC1(c2ccc(-c3ccc(Cl)cc3)s2)CCN(C(=O)c2ccccn2)CCS1(=O)=O)NOC1CCCCO1. The lowest BCUT2D eigenvalue weighted by Crippen LogP contribution is -2.43. The molecule has 0 bridgehead atoms. The van der Waals surface area contributed by atoms with Gasteiger partial charge in [0.1, 0.15) is 10.4 Å². The fraction of sp³-hybridized carbons (Fsp3) is 0.393. The number of amides is 2. The zero-order valence-corrected chi connectivity index (χ0v) is 24.1. The summed E-state index contributed by atoms with van der Waals surface area (Å²) in [6, 6.07) is 15.9. The summed E-state index contributed by atoms with van der Waals surface area (Å²) in [6.45, 7) is 0.688. The first-order valence-corrected chi connectivity index (χ1v) is 16.0.